The van der Waals surface area contributed by atoms with Crippen LogP contribution in [0.2, 0.25) is 0 Å². The second-order valence-corrected chi connectivity index (χ2v) is 5.47. The summed E-state index contributed by atoms with van der Waals surface area (Å²) in [4.78, 5) is 7.15. The molecular weight excluding hydrogens is 240 g/mol. The number of ether oxygens (including phenoxy) is 2. The van der Waals surface area contributed by atoms with Crippen LogP contribution >= 0.6 is 0 Å². The van der Waals surface area contributed by atoms with Gasteiger partial charge in [0.15, 0.2) is 0 Å². The molecule has 0 atom stereocenters. The van der Waals surface area contributed by atoms with Gasteiger partial charge in [-0.15, -0.1) is 0 Å². The number of imidazole rings is 1. The Morgan fingerprint density at radius 3 is 3.05 bits per heavy atom. The quantitative estimate of drug-likeness (QED) is 0.917. The molecule has 2 heterocycles. The third kappa shape index (κ3) is 2.63. The minimum absolute atomic E-state index is 0.112. The minimum Gasteiger partial charge on any atom is -0.487 e. The average molecular weight is 258 g/mol. The van der Waals surface area contributed by atoms with E-state index in [9.17, 15) is 0 Å². The molecule has 1 aliphatic heterocycles. The second kappa shape index (κ2) is 4.70. The highest BCUT2D eigenvalue weighted by Crippen LogP contribution is 2.37. The average Bonchev–Trinajstić information content (AvgIpc) is 2.95. The molecule has 19 heavy (non-hydrogen) atoms. The summed E-state index contributed by atoms with van der Waals surface area (Å²) in [6, 6.07) is 6.25. The number of H-pyrrole nitrogens is 1. The van der Waals surface area contributed by atoms with Gasteiger partial charge in [-0.1, -0.05) is 18.2 Å². The fraction of sp³-hybridized carbons (Fsp3) is 0.400. The Hall–Kier alpha value is -1.81. The van der Waals surface area contributed by atoms with E-state index in [1.807, 2.05) is 0 Å². The lowest BCUT2D eigenvalue weighted by molar-refractivity contribution is 0.0940. The summed E-state index contributed by atoms with van der Waals surface area (Å²) < 4.78 is 11.7. The molecule has 0 saturated heterocycles. The number of nitrogens with one attached hydrogen (secondary N) is 1. The highest BCUT2D eigenvalue weighted by atomic mass is 16.5. The number of nitrogens with zero attached hydrogens (tertiary/aromatic N) is 1. The normalized spacial score (nSPS) is 16.1. The molecule has 1 aliphatic rings. The van der Waals surface area contributed by atoms with Crippen LogP contribution in [0.15, 0.2) is 30.6 Å². The summed E-state index contributed by atoms with van der Waals surface area (Å²) in [5.41, 5.74) is 2.26. The third-order valence-corrected chi connectivity index (χ3v) is 3.22. The Labute approximate surface area is 112 Å². The van der Waals surface area contributed by atoms with Crippen LogP contribution in [0.25, 0.3) is 0 Å². The van der Waals surface area contributed by atoms with E-state index in [1.54, 1.807) is 12.4 Å². The third-order valence-electron chi connectivity index (χ3n) is 3.22. The van der Waals surface area contributed by atoms with Crippen molar-refractivity contribution in [3.05, 3.63) is 47.5 Å². The van der Waals surface area contributed by atoms with Crippen molar-refractivity contribution in [3.63, 3.8) is 0 Å². The Balaban J connectivity index is 1.68. The zero-order chi connectivity index (χ0) is 13.3. The lowest BCUT2D eigenvalue weighted by Gasteiger charge is -2.18. The van der Waals surface area contributed by atoms with Gasteiger partial charge in [-0.3, -0.25) is 0 Å². The molecule has 2 aromatic rings. The number of hydrogen-bond acceptors (Lipinski definition) is 3. The molecule has 4 heteroatoms. The highest BCUT2D eigenvalue weighted by molar-refractivity contribution is 5.45. The molecule has 0 amide bonds. The van der Waals surface area contributed by atoms with Gasteiger partial charge in [0.2, 0.25) is 0 Å². The summed E-state index contributed by atoms with van der Waals surface area (Å²) in [5.74, 6) is 1.83. The molecule has 1 aromatic carbocycles. The van der Waals surface area contributed by atoms with Crippen molar-refractivity contribution in [2.45, 2.75) is 39.1 Å². The summed E-state index contributed by atoms with van der Waals surface area (Å²) in [5, 5.41) is 0. The topological polar surface area (TPSA) is 47.1 Å². The molecule has 0 bridgehead atoms. The SMILES string of the molecule is CC1(C)Cc2cccc(COCc3ncc[nH]3)c2O1. The van der Waals surface area contributed by atoms with Gasteiger partial charge in [-0.2, -0.15) is 0 Å². The van der Waals surface area contributed by atoms with Crippen LogP contribution < -0.4 is 4.74 Å². The maximum Gasteiger partial charge on any atom is 0.132 e. The Morgan fingerprint density at radius 2 is 2.26 bits per heavy atom. The van der Waals surface area contributed by atoms with E-state index in [1.165, 1.54) is 5.56 Å². The van der Waals surface area contributed by atoms with Crippen LogP contribution in [-0.2, 0) is 24.4 Å². The smallest absolute Gasteiger partial charge is 0.132 e. The Bertz CT molecular complexity index is 562. The molecule has 0 spiro atoms. The first-order chi connectivity index (χ1) is 9.14. The van der Waals surface area contributed by atoms with Crippen molar-refractivity contribution in [2.75, 3.05) is 0 Å². The molecule has 1 N–H and O–H groups in total. The number of aromatic nitrogens is 2. The van der Waals surface area contributed by atoms with E-state index >= 15 is 0 Å². The van der Waals surface area contributed by atoms with Gasteiger partial charge in [0.05, 0.1) is 6.61 Å². The van der Waals surface area contributed by atoms with Crippen LogP contribution in [0.4, 0.5) is 0 Å². The minimum atomic E-state index is -0.112. The van der Waals surface area contributed by atoms with Gasteiger partial charge < -0.3 is 14.5 Å². The largest absolute Gasteiger partial charge is 0.487 e. The maximum atomic E-state index is 6.01. The zero-order valence-corrected chi connectivity index (χ0v) is 11.3. The Morgan fingerprint density at radius 1 is 1.37 bits per heavy atom. The maximum absolute atomic E-state index is 6.01. The molecule has 0 aliphatic carbocycles. The van der Waals surface area contributed by atoms with Crippen molar-refractivity contribution in [2.24, 2.45) is 0 Å². The number of aromatic amines is 1. The molecule has 4 nitrogen and oxygen atoms in total. The summed E-state index contributed by atoms with van der Waals surface area (Å²) in [6.07, 6.45) is 4.48. The van der Waals surface area contributed by atoms with Gasteiger partial charge in [-0.25, -0.2) is 4.98 Å². The number of fused-ring (bicyclic) bond motifs is 1. The van der Waals surface area contributed by atoms with Gasteiger partial charge >= 0.3 is 0 Å². The summed E-state index contributed by atoms with van der Waals surface area (Å²) >= 11 is 0. The second-order valence-electron chi connectivity index (χ2n) is 5.47. The predicted octanol–water partition coefficient (Wildman–Crippen LogP) is 2.84. The first-order valence-corrected chi connectivity index (χ1v) is 6.50. The van der Waals surface area contributed by atoms with Crippen molar-refractivity contribution in [1.29, 1.82) is 0 Å². The van der Waals surface area contributed by atoms with E-state index in [0.29, 0.717) is 13.2 Å². The summed E-state index contributed by atoms with van der Waals surface area (Å²) in [6.45, 7) is 5.25. The van der Waals surface area contributed by atoms with Crippen LogP contribution in [0.3, 0.4) is 0 Å². The number of para-hydroxylation sites is 1. The molecule has 1 aromatic heterocycles. The Kier molecular flexibility index (Phi) is 3.03. The first-order valence-electron chi connectivity index (χ1n) is 6.50. The van der Waals surface area contributed by atoms with Crippen molar-refractivity contribution < 1.29 is 9.47 Å². The number of rotatable bonds is 4. The van der Waals surface area contributed by atoms with E-state index in [-0.39, 0.29) is 5.60 Å². The fourth-order valence-corrected chi connectivity index (χ4v) is 2.43. The van der Waals surface area contributed by atoms with E-state index in [2.05, 4.69) is 42.0 Å². The molecule has 3 rings (SSSR count). The number of hydrogen-bond donors (Lipinski definition) is 1. The van der Waals surface area contributed by atoms with Crippen LogP contribution in [0.1, 0.15) is 30.8 Å². The lowest BCUT2D eigenvalue weighted by atomic mass is 10.0. The van der Waals surface area contributed by atoms with Gasteiger partial charge in [0.25, 0.3) is 0 Å². The van der Waals surface area contributed by atoms with E-state index < -0.39 is 0 Å². The lowest BCUT2D eigenvalue weighted by Crippen LogP contribution is -2.24. The van der Waals surface area contributed by atoms with Crippen molar-refractivity contribution >= 4 is 0 Å². The number of benzene rings is 1. The molecule has 0 saturated carbocycles. The fourth-order valence-electron chi connectivity index (χ4n) is 2.43. The molecule has 0 radical (unpaired) electrons. The molecule has 0 fully saturated rings. The van der Waals surface area contributed by atoms with Gasteiger partial charge in [0, 0.05) is 24.4 Å². The van der Waals surface area contributed by atoms with Crippen LogP contribution in [0.5, 0.6) is 5.75 Å². The molecule has 0 unspecified atom stereocenters. The first kappa shape index (κ1) is 12.2. The van der Waals surface area contributed by atoms with Crippen LogP contribution in [0, 0.1) is 0 Å². The zero-order valence-electron chi connectivity index (χ0n) is 11.3. The highest BCUT2D eigenvalue weighted by Gasteiger charge is 2.31. The van der Waals surface area contributed by atoms with E-state index in [0.717, 1.165) is 23.6 Å². The standard InChI is InChI=1S/C15H18N2O2/c1-15(2)8-11-4-3-5-12(14(11)19-15)9-18-10-13-16-6-7-17-13/h3-7H,8-10H2,1-2H3,(H,16,17). The van der Waals surface area contributed by atoms with Crippen molar-refractivity contribution in [3.8, 4) is 5.75 Å². The summed E-state index contributed by atoms with van der Waals surface area (Å²) in [7, 11) is 0. The predicted molar refractivity (Wildman–Crippen MR) is 71.9 cm³/mol. The monoisotopic (exact) mass is 258 g/mol. The van der Waals surface area contributed by atoms with Crippen molar-refractivity contribution in [1.82, 2.24) is 9.97 Å². The molecule has 100 valence electrons. The van der Waals surface area contributed by atoms with Crippen LogP contribution in [-0.4, -0.2) is 15.6 Å². The van der Waals surface area contributed by atoms with Gasteiger partial charge in [-0.05, 0) is 19.4 Å². The van der Waals surface area contributed by atoms with Gasteiger partial charge in [0.1, 0.15) is 23.8 Å². The molecular formula is C15H18N2O2. The van der Waals surface area contributed by atoms with E-state index in [4.69, 9.17) is 9.47 Å².